The summed E-state index contributed by atoms with van der Waals surface area (Å²) in [5.74, 6) is 2.02. The van der Waals surface area contributed by atoms with E-state index in [-0.39, 0.29) is 0 Å². The van der Waals surface area contributed by atoms with Crippen LogP contribution in [0.4, 0.5) is 0 Å². The predicted molar refractivity (Wildman–Crippen MR) is 49.1 cm³/mol. The van der Waals surface area contributed by atoms with Gasteiger partial charge >= 0.3 is 0 Å². The molecule has 0 N–H and O–H groups in total. The second-order valence-corrected chi connectivity index (χ2v) is 6.50. The van der Waals surface area contributed by atoms with Crippen molar-refractivity contribution in [1.82, 2.24) is 0 Å². The highest BCUT2D eigenvalue weighted by Gasteiger charge is 2.36. The molecule has 1 aliphatic carbocycles. The van der Waals surface area contributed by atoms with Crippen molar-refractivity contribution < 1.29 is 13.2 Å². The molecule has 0 aromatic carbocycles. The lowest BCUT2D eigenvalue weighted by atomic mass is 9.73. The maximum Gasteiger partial charge on any atom is 0.150 e. The van der Waals surface area contributed by atoms with Crippen molar-refractivity contribution in [1.29, 1.82) is 0 Å². The van der Waals surface area contributed by atoms with E-state index < -0.39 is 9.84 Å². The highest BCUT2D eigenvalue weighted by molar-refractivity contribution is 7.91. The molecule has 0 unspecified atom stereocenters. The fourth-order valence-electron chi connectivity index (χ4n) is 2.24. The van der Waals surface area contributed by atoms with Gasteiger partial charge in [-0.15, -0.1) is 0 Å². The molecule has 0 aromatic rings. The number of hydrogen-bond acceptors (Lipinski definition) is 3. The predicted octanol–water partition coefficient (Wildman–Crippen LogP) is 0.790. The van der Waals surface area contributed by atoms with E-state index in [1.54, 1.807) is 0 Å². The molecule has 4 heteroatoms. The van der Waals surface area contributed by atoms with Crippen molar-refractivity contribution >= 4 is 15.6 Å². The smallest absolute Gasteiger partial charge is 0.150 e. The van der Waals surface area contributed by atoms with Gasteiger partial charge in [-0.05, 0) is 24.7 Å². The Bertz CT molecular complexity index is 296. The largest absolute Gasteiger partial charge is 0.300 e. The molecule has 2 fully saturated rings. The first kappa shape index (κ1) is 9.19. The third kappa shape index (κ3) is 1.93. The molecule has 0 spiro atoms. The average molecular weight is 202 g/mol. The van der Waals surface area contributed by atoms with Gasteiger partial charge in [-0.25, -0.2) is 8.42 Å². The second-order valence-electron chi connectivity index (χ2n) is 4.20. The molecule has 3 nitrogen and oxygen atoms in total. The van der Waals surface area contributed by atoms with Crippen LogP contribution in [0.15, 0.2) is 0 Å². The zero-order valence-electron chi connectivity index (χ0n) is 7.53. The van der Waals surface area contributed by atoms with E-state index >= 15 is 0 Å². The van der Waals surface area contributed by atoms with Crippen LogP contribution in [0.5, 0.6) is 0 Å². The minimum absolute atomic E-state index is 0.336. The Morgan fingerprint density at radius 1 is 1.00 bits per heavy atom. The van der Waals surface area contributed by atoms with E-state index in [1.165, 1.54) is 0 Å². The summed E-state index contributed by atoms with van der Waals surface area (Å²) in [6, 6.07) is 0. The van der Waals surface area contributed by atoms with Gasteiger partial charge in [0.05, 0.1) is 11.5 Å². The maximum absolute atomic E-state index is 11.1. The van der Waals surface area contributed by atoms with E-state index in [9.17, 15) is 13.2 Å². The second kappa shape index (κ2) is 3.08. The number of hydrogen-bond donors (Lipinski definition) is 0. The summed E-state index contributed by atoms with van der Waals surface area (Å²) in [7, 11) is -2.73. The Kier molecular flexibility index (Phi) is 2.18. The molecule has 0 atom stereocenters. The monoisotopic (exact) mass is 202 g/mol. The molecule has 0 bridgehead atoms. The Morgan fingerprint density at radius 2 is 1.54 bits per heavy atom. The number of Topliss-reactive ketones (excluding diaryl/α,β-unsaturated/α-hetero) is 1. The molecule has 1 aliphatic heterocycles. The first-order valence-corrected chi connectivity index (χ1v) is 6.61. The van der Waals surface area contributed by atoms with E-state index in [1.807, 2.05) is 0 Å². The molecule has 13 heavy (non-hydrogen) atoms. The van der Waals surface area contributed by atoms with Gasteiger partial charge in [0.1, 0.15) is 15.6 Å². The van der Waals surface area contributed by atoms with Gasteiger partial charge in [-0.2, -0.15) is 0 Å². The summed E-state index contributed by atoms with van der Waals surface area (Å²) in [6.07, 6.45) is 2.95. The summed E-state index contributed by atoms with van der Waals surface area (Å²) in [5.41, 5.74) is 0. The van der Waals surface area contributed by atoms with Crippen molar-refractivity contribution in [2.75, 3.05) is 11.5 Å². The maximum atomic E-state index is 11.1. The van der Waals surface area contributed by atoms with Gasteiger partial charge in [0.25, 0.3) is 0 Å². The van der Waals surface area contributed by atoms with Crippen LogP contribution in [0.1, 0.15) is 25.7 Å². The molecule has 1 heterocycles. The quantitative estimate of drug-likeness (QED) is 0.631. The molecule has 0 aromatic heterocycles. The standard InChI is InChI=1S/C9H14O3S/c10-9-5-8(6-9)7-1-3-13(11,12)4-2-7/h7-8H,1-6H2. The summed E-state index contributed by atoms with van der Waals surface area (Å²) in [5, 5.41) is 0. The van der Waals surface area contributed by atoms with E-state index in [4.69, 9.17) is 0 Å². The molecule has 2 rings (SSSR count). The average Bonchev–Trinajstić information content (AvgIpc) is 2.00. The van der Waals surface area contributed by atoms with Crippen LogP contribution in [0, 0.1) is 11.8 Å². The van der Waals surface area contributed by atoms with Gasteiger partial charge < -0.3 is 0 Å². The highest BCUT2D eigenvalue weighted by atomic mass is 32.2. The SMILES string of the molecule is O=C1CC(C2CCS(=O)(=O)CC2)C1. The van der Waals surface area contributed by atoms with Crippen molar-refractivity contribution in [2.45, 2.75) is 25.7 Å². The van der Waals surface area contributed by atoms with Crippen molar-refractivity contribution in [3.05, 3.63) is 0 Å². The third-order valence-electron chi connectivity index (χ3n) is 3.25. The lowest BCUT2D eigenvalue weighted by Gasteiger charge is -2.34. The zero-order valence-corrected chi connectivity index (χ0v) is 8.35. The number of ketones is 1. The van der Waals surface area contributed by atoms with Crippen LogP contribution in [0.2, 0.25) is 0 Å². The van der Waals surface area contributed by atoms with Crippen LogP contribution in [-0.4, -0.2) is 25.7 Å². The fourth-order valence-corrected chi connectivity index (χ4v) is 3.77. The van der Waals surface area contributed by atoms with Crippen molar-refractivity contribution in [3.8, 4) is 0 Å². The Balaban J connectivity index is 1.88. The zero-order chi connectivity index (χ0) is 9.47. The fraction of sp³-hybridized carbons (Fsp3) is 0.889. The normalized spacial score (nSPS) is 30.0. The van der Waals surface area contributed by atoms with E-state index in [0.29, 0.717) is 42.0 Å². The van der Waals surface area contributed by atoms with Crippen molar-refractivity contribution in [3.63, 3.8) is 0 Å². The molecular weight excluding hydrogens is 188 g/mol. The van der Waals surface area contributed by atoms with Gasteiger partial charge in [-0.1, -0.05) is 0 Å². The van der Waals surface area contributed by atoms with E-state index in [2.05, 4.69) is 0 Å². The van der Waals surface area contributed by atoms with Crippen LogP contribution >= 0.6 is 0 Å². The Hall–Kier alpha value is -0.380. The summed E-state index contributed by atoms with van der Waals surface area (Å²) in [6.45, 7) is 0. The van der Waals surface area contributed by atoms with Crippen LogP contribution in [0.3, 0.4) is 0 Å². The Labute approximate surface area is 78.4 Å². The molecular formula is C9H14O3S. The molecule has 0 radical (unpaired) electrons. The third-order valence-corrected chi connectivity index (χ3v) is 4.96. The van der Waals surface area contributed by atoms with Gasteiger partial charge in [0.15, 0.2) is 0 Å². The van der Waals surface area contributed by atoms with Gasteiger partial charge in [0, 0.05) is 12.8 Å². The lowest BCUT2D eigenvalue weighted by molar-refractivity contribution is -0.128. The minimum Gasteiger partial charge on any atom is -0.300 e. The minimum atomic E-state index is -2.73. The summed E-state index contributed by atoms with van der Waals surface area (Å²) < 4.78 is 22.2. The Morgan fingerprint density at radius 3 is 2.00 bits per heavy atom. The number of rotatable bonds is 1. The van der Waals surface area contributed by atoms with Gasteiger partial charge in [0.2, 0.25) is 0 Å². The van der Waals surface area contributed by atoms with Crippen LogP contribution < -0.4 is 0 Å². The summed E-state index contributed by atoms with van der Waals surface area (Å²) in [4.78, 5) is 10.8. The summed E-state index contributed by atoms with van der Waals surface area (Å²) >= 11 is 0. The molecule has 74 valence electrons. The topological polar surface area (TPSA) is 51.2 Å². The first-order valence-electron chi connectivity index (χ1n) is 4.79. The van der Waals surface area contributed by atoms with Crippen LogP contribution in [-0.2, 0) is 14.6 Å². The molecule has 2 aliphatic rings. The number of carbonyl (C=O) groups is 1. The van der Waals surface area contributed by atoms with Crippen LogP contribution in [0.25, 0.3) is 0 Å². The van der Waals surface area contributed by atoms with Crippen molar-refractivity contribution in [2.24, 2.45) is 11.8 Å². The first-order chi connectivity index (χ1) is 6.07. The molecule has 1 saturated heterocycles. The highest BCUT2D eigenvalue weighted by Crippen LogP contribution is 2.36. The number of sulfone groups is 1. The van der Waals surface area contributed by atoms with Gasteiger partial charge in [-0.3, -0.25) is 4.79 Å². The lowest BCUT2D eigenvalue weighted by Crippen LogP contribution is -2.35. The molecule has 0 amide bonds. The molecule has 1 saturated carbocycles. The van der Waals surface area contributed by atoms with E-state index in [0.717, 1.165) is 12.8 Å². The number of carbonyl (C=O) groups excluding carboxylic acids is 1.